The average molecular weight is 488 g/mol. The highest BCUT2D eigenvalue weighted by Crippen LogP contribution is 2.13. The largest absolute Gasteiger partial charge is 1.00 e. The molecule has 1 fully saturated rings. The second kappa shape index (κ2) is 27.4. The quantitative estimate of drug-likeness (QED) is 0.344. The van der Waals surface area contributed by atoms with Crippen molar-refractivity contribution in [2.24, 2.45) is 0 Å². The summed E-state index contributed by atoms with van der Waals surface area (Å²) >= 11 is 0. The van der Waals surface area contributed by atoms with Crippen LogP contribution in [0.15, 0.2) is 61.3 Å². The Labute approximate surface area is 204 Å². The van der Waals surface area contributed by atoms with Gasteiger partial charge in [-0.1, -0.05) is 49.1 Å². The molecule has 10 nitrogen and oxygen atoms in total. The molecule has 10 heteroatoms. The number of aliphatic carboxylic acids is 1. The van der Waals surface area contributed by atoms with Crippen molar-refractivity contribution in [3.05, 3.63) is 61.3 Å². The van der Waals surface area contributed by atoms with Gasteiger partial charge >= 0.3 is 28.3 Å². The molecule has 0 amide bonds. The fourth-order valence-corrected chi connectivity index (χ4v) is 2.01. The lowest BCUT2D eigenvalue weighted by Crippen LogP contribution is -2.30. The second-order valence-electron chi connectivity index (χ2n) is 6.35. The van der Waals surface area contributed by atoms with Crippen molar-refractivity contribution in [2.45, 2.75) is 65.3 Å². The molecule has 1 saturated heterocycles. The predicted octanol–water partition coefficient (Wildman–Crippen LogP) is 2.83. The molecular weight excluding hydrogens is 448 g/mol. The molecule has 3 unspecified atom stereocenters. The van der Waals surface area contributed by atoms with Crippen molar-refractivity contribution < 1.29 is 53.4 Å². The normalized spacial score (nSPS) is 20.2. The average Bonchev–Trinajstić information content (AvgIpc) is 2.69. The Bertz CT molecular complexity index is 716. The van der Waals surface area contributed by atoms with Crippen molar-refractivity contribution >= 4 is 24.1 Å². The lowest BCUT2D eigenvalue weighted by atomic mass is 10.1. The first kappa shape index (κ1) is 37.7. The number of carboxylic acids is 1. The van der Waals surface area contributed by atoms with Crippen LogP contribution in [0, 0.1) is 0 Å². The van der Waals surface area contributed by atoms with Crippen LogP contribution >= 0.6 is 0 Å². The molecule has 4 N–H and O–H groups in total. The molecule has 0 bridgehead atoms. The summed E-state index contributed by atoms with van der Waals surface area (Å²) in [7, 11) is 0. The number of aliphatic hydroxyl groups excluding tert-OH is 1. The Kier molecular flexibility index (Phi) is 30.4. The van der Waals surface area contributed by atoms with Crippen LogP contribution in [0.25, 0.3) is 0 Å². The van der Waals surface area contributed by atoms with Gasteiger partial charge in [-0.15, -0.1) is 0 Å². The lowest BCUT2D eigenvalue weighted by molar-refractivity contribution is -0.191. The van der Waals surface area contributed by atoms with Gasteiger partial charge in [0.1, 0.15) is 12.2 Å². The zero-order chi connectivity index (χ0) is 26.1. The van der Waals surface area contributed by atoms with Crippen molar-refractivity contribution in [2.75, 3.05) is 0 Å². The van der Waals surface area contributed by atoms with Crippen LogP contribution in [0.5, 0.6) is 0 Å². The molecule has 34 heavy (non-hydrogen) atoms. The van der Waals surface area contributed by atoms with E-state index in [1.54, 1.807) is 25.2 Å². The van der Waals surface area contributed by atoms with E-state index in [4.69, 9.17) is 29.3 Å². The molecule has 0 spiro atoms. The smallest absolute Gasteiger partial charge is 0.478 e. The number of ether oxygens (including phenoxy) is 2. The first-order valence-corrected chi connectivity index (χ1v) is 10.1. The molecular formula is C24H39O10+3. The third-order valence-electron chi connectivity index (χ3n) is 3.25. The first-order chi connectivity index (χ1) is 15.6. The monoisotopic (exact) mass is 487 g/mol. The van der Waals surface area contributed by atoms with Gasteiger partial charge in [-0.05, 0) is 27.7 Å². The van der Waals surface area contributed by atoms with E-state index in [1.807, 2.05) is 39.0 Å². The molecule has 0 aliphatic carbocycles. The summed E-state index contributed by atoms with van der Waals surface area (Å²) < 4.78 is 9.52. The molecule has 0 aromatic heterocycles. The minimum absolute atomic E-state index is 0. The zero-order valence-corrected chi connectivity index (χ0v) is 20.0. The zero-order valence-electron chi connectivity index (χ0n) is 23.0. The number of carbonyl (C=O) groups excluding carboxylic acids is 4. The van der Waals surface area contributed by atoms with E-state index in [0.717, 1.165) is 12.5 Å². The van der Waals surface area contributed by atoms with Crippen LogP contribution in [0.3, 0.4) is 0 Å². The van der Waals surface area contributed by atoms with Gasteiger partial charge in [0.25, 0.3) is 0 Å². The molecule has 192 valence electrons. The number of hydrogen-bond donors (Lipinski definition) is 2. The first-order valence-electron chi connectivity index (χ1n) is 10.1. The van der Waals surface area contributed by atoms with Crippen LogP contribution in [0.1, 0.15) is 51.2 Å². The number of carboxylic acid groups (broad SMARTS) is 1. The third-order valence-corrected chi connectivity index (χ3v) is 3.25. The summed E-state index contributed by atoms with van der Waals surface area (Å²) in [5, 5.41) is 17.0. The molecule has 0 aromatic carbocycles. The Morgan fingerprint density at radius 1 is 1.12 bits per heavy atom. The van der Waals surface area contributed by atoms with Crippen molar-refractivity contribution in [1.29, 1.82) is 0 Å². The molecule has 0 aromatic rings. The van der Waals surface area contributed by atoms with Gasteiger partial charge in [-0.25, -0.2) is 9.59 Å². The van der Waals surface area contributed by atoms with Gasteiger partial charge in [0, 0.05) is 25.0 Å². The van der Waals surface area contributed by atoms with E-state index in [9.17, 15) is 14.4 Å². The van der Waals surface area contributed by atoms with E-state index in [0.29, 0.717) is 6.42 Å². The molecule has 2 rings (SSSR count). The maximum atomic E-state index is 10.5. The number of cyclic esters (lactones) is 2. The van der Waals surface area contributed by atoms with Gasteiger partial charge in [0.05, 0.1) is 12.5 Å². The molecule has 0 saturated carbocycles. The minimum atomic E-state index is -0.914. The second-order valence-corrected chi connectivity index (χ2v) is 6.35. The number of hydrogen-bond acceptors (Lipinski definition) is 8. The van der Waals surface area contributed by atoms with Gasteiger partial charge in [-0.2, -0.15) is 9.59 Å². The van der Waals surface area contributed by atoms with Crippen molar-refractivity contribution in [1.82, 2.24) is 0 Å². The van der Waals surface area contributed by atoms with Gasteiger partial charge in [0.2, 0.25) is 0 Å². The van der Waals surface area contributed by atoms with Gasteiger partial charge < -0.3 is 25.2 Å². The Hall–Kier alpha value is -3.59. The molecule has 0 radical (unpaired) electrons. The fraction of sp³-hybridized carbons (Fsp3) is 0.417. The number of aliphatic hydroxyl groups is 1. The topological polar surface area (TPSA) is 176 Å². The van der Waals surface area contributed by atoms with E-state index in [-0.39, 0.29) is 46.5 Å². The Morgan fingerprint density at radius 3 is 1.97 bits per heavy atom. The number of rotatable bonds is 3. The summed E-state index contributed by atoms with van der Waals surface area (Å²) in [6.45, 7) is 10.9. The summed E-state index contributed by atoms with van der Waals surface area (Å²) in [5.74, 6) is -1.42. The van der Waals surface area contributed by atoms with E-state index in [2.05, 4.69) is 6.58 Å². The Morgan fingerprint density at radius 2 is 1.68 bits per heavy atom. The summed E-state index contributed by atoms with van der Waals surface area (Å²) in [4.78, 5) is 46.9. The van der Waals surface area contributed by atoms with Crippen molar-refractivity contribution in [3.63, 3.8) is 0 Å². The minimum Gasteiger partial charge on any atom is -0.478 e. The lowest BCUT2D eigenvalue weighted by Gasteiger charge is -2.22. The van der Waals surface area contributed by atoms with E-state index >= 15 is 0 Å². The number of allylic oxidation sites excluding steroid dienone is 6. The Balaban J connectivity index is -0.0000000613. The molecule has 3 atom stereocenters. The highest BCUT2D eigenvalue weighted by Gasteiger charge is 2.23. The van der Waals surface area contributed by atoms with E-state index < -0.39 is 12.1 Å². The standard InChI is InChI=1S/C6H10O3.2C6H8O2.C5H8.CO2.H2O/c1-4-2-5(7)3-6(8)9-4;1-5-3-2-4-6(7)8-5;1-2-3-4-5-6(7)8;1-3-5-4-2;2-1-3;/h4-5,7H,2-3H2,1H3;2,4-5H,3H2,1H3;2-5H,1H3,(H,7,8);3-5H,1H2,2H3;;1H2/p+3/b;;3-2+,5-4+;5-4+;;. The maximum absolute atomic E-state index is 10.5. The van der Waals surface area contributed by atoms with Crippen LogP contribution < -0.4 is 0 Å². The highest BCUT2D eigenvalue weighted by molar-refractivity contribution is 5.82. The van der Waals surface area contributed by atoms with Gasteiger partial charge in [0.15, 0.2) is 0 Å². The molecule has 2 aliphatic rings. The third kappa shape index (κ3) is 33.1. The number of esters is 2. The van der Waals surface area contributed by atoms with Crippen LogP contribution in [-0.2, 0) is 33.4 Å². The van der Waals surface area contributed by atoms with Gasteiger partial charge in [-0.3, -0.25) is 4.79 Å². The summed E-state index contributed by atoms with van der Waals surface area (Å²) in [6.07, 6.45) is 16.2. The summed E-state index contributed by atoms with van der Waals surface area (Å²) in [5.41, 5.74) is 0. The predicted molar refractivity (Wildman–Crippen MR) is 129 cm³/mol. The van der Waals surface area contributed by atoms with Crippen LogP contribution in [0.4, 0.5) is 0 Å². The number of carbonyl (C=O) groups is 3. The molecule has 2 aliphatic heterocycles. The van der Waals surface area contributed by atoms with E-state index in [1.165, 1.54) is 12.2 Å². The fourth-order valence-electron chi connectivity index (χ4n) is 2.01. The van der Waals surface area contributed by atoms with Crippen LogP contribution in [-0.4, -0.2) is 58.1 Å². The van der Waals surface area contributed by atoms with Crippen LogP contribution in [0.2, 0.25) is 0 Å². The SMILES string of the molecule is C/C=C/C=C/C(=O)O.C=C/C=C/C.CC1CC(O)CC(=O)O1.CC1CC=CC(=O)O1.O.O=C=O.[H+].[H+].[H+]. The maximum Gasteiger partial charge on any atom is 1.00 e. The summed E-state index contributed by atoms with van der Waals surface area (Å²) in [6, 6.07) is 0. The highest BCUT2D eigenvalue weighted by atomic mass is 16.5. The van der Waals surface area contributed by atoms with Crippen molar-refractivity contribution in [3.8, 4) is 0 Å². The molecule has 2 heterocycles.